The van der Waals surface area contributed by atoms with E-state index in [9.17, 15) is 4.79 Å². The van der Waals surface area contributed by atoms with Crippen molar-refractivity contribution in [2.45, 2.75) is 25.6 Å². The van der Waals surface area contributed by atoms with Gasteiger partial charge >= 0.3 is 0 Å². The number of ether oxygens (including phenoxy) is 1. The number of benzene rings is 2. The molecule has 0 saturated heterocycles. The van der Waals surface area contributed by atoms with Crippen molar-refractivity contribution in [3.05, 3.63) is 76.8 Å². The van der Waals surface area contributed by atoms with Gasteiger partial charge in [0.05, 0.1) is 11.4 Å². The Morgan fingerprint density at radius 3 is 2.56 bits per heavy atom. The number of amides is 1. The molecule has 3 aromatic rings. The Bertz CT molecular complexity index is 1040. The van der Waals surface area contributed by atoms with Crippen LogP contribution in [0.5, 0.6) is 5.88 Å². The van der Waals surface area contributed by atoms with Gasteiger partial charge in [-0.25, -0.2) is 4.98 Å². The molecule has 1 aromatic heterocycles. The Labute approximate surface area is 202 Å². The molecule has 2 atom stereocenters. The van der Waals surface area contributed by atoms with Crippen molar-refractivity contribution >= 4 is 40.2 Å². The molecule has 2 unspecified atom stereocenters. The van der Waals surface area contributed by atoms with Gasteiger partial charge in [0, 0.05) is 34.9 Å². The maximum atomic E-state index is 12.7. The molecular weight excluding hydrogens is 488 g/mol. The van der Waals surface area contributed by atoms with Crippen LogP contribution in [-0.2, 0) is 11.3 Å². The highest BCUT2D eigenvalue weighted by Crippen LogP contribution is 2.28. The van der Waals surface area contributed by atoms with Crippen LogP contribution >= 0.6 is 28.6 Å². The van der Waals surface area contributed by atoms with E-state index in [1.54, 1.807) is 6.92 Å². The van der Waals surface area contributed by atoms with Crippen molar-refractivity contribution in [2.75, 3.05) is 17.6 Å². The summed E-state index contributed by atoms with van der Waals surface area (Å²) < 4.78 is 6.94. The van der Waals surface area contributed by atoms with Crippen molar-refractivity contribution in [3.63, 3.8) is 0 Å². The second-order valence-electron chi connectivity index (χ2n) is 7.31. The smallest absolute Gasteiger partial charge is 0.261 e. The standard InChI is InChI=1S/C24H27BrN4O2S/c1-16(23(30)28-13-18-9-5-6-10-20(18)25)31-24-22(27-14-19(26)15-32)12-11-21(29-24)17-7-3-2-4-8-17/h2-12,16,19,27,32H,13-15,26H2,1H3,(H,28,30). The lowest BCUT2D eigenvalue weighted by atomic mass is 10.1. The third-order valence-corrected chi connectivity index (χ3v) is 6.03. The topological polar surface area (TPSA) is 89.3 Å². The molecule has 1 heterocycles. The predicted octanol–water partition coefficient (Wildman–Crippen LogP) is 4.26. The minimum absolute atomic E-state index is 0.120. The van der Waals surface area contributed by atoms with Crippen LogP contribution in [-0.4, -0.2) is 35.3 Å². The molecule has 0 bridgehead atoms. The van der Waals surface area contributed by atoms with Crippen LogP contribution in [0.3, 0.4) is 0 Å². The van der Waals surface area contributed by atoms with Gasteiger partial charge in [0.25, 0.3) is 5.91 Å². The number of nitrogens with one attached hydrogen (secondary N) is 2. The molecule has 168 valence electrons. The van der Waals surface area contributed by atoms with Gasteiger partial charge in [0.1, 0.15) is 0 Å². The highest BCUT2D eigenvalue weighted by Gasteiger charge is 2.19. The number of halogens is 1. The monoisotopic (exact) mass is 514 g/mol. The number of nitrogens with two attached hydrogens (primary N) is 1. The van der Waals surface area contributed by atoms with Crippen LogP contribution < -0.4 is 21.1 Å². The molecule has 0 aliphatic carbocycles. The molecule has 8 heteroatoms. The molecule has 0 aliphatic rings. The minimum Gasteiger partial charge on any atom is -0.463 e. The molecule has 4 N–H and O–H groups in total. The van der Waals surface area contributed by atoms with Crippen molar-refractivity contribution in [2.24, 2.45) is 5.73 Å². The third-order valence-electron chi connectivity index (χ3n) is 4.79. The van der Waals surface area contributed by atoms with Gasteiger partial charge in [0.2, 0.25) is 5.88 Å². The second-order valence-corrected chi connectivity index (χ2v) is 8.53. The van der Waals surface area contributed by atoms with Crippen LogP contribution in [0.4, 0.5) is 5.69 Å². The molecule has 0 fully saturated rings. The maximum absolute atomic E-state index is 12.7. The summed E-state index contributed by atoms with van der Waals surface area (Å²) in [7, 11) is 0. The number of rotatable bonds is 10. The predicted molar refractivity (Wildman–Crippen MR) is 136 cm³/mol. The fourth-order valence-electron chi connectivity index (χ4n) is 2.93. The molecule has 3 rings (SSSR count). The number of thiol groups is 1. The normalized spacial score (nSPS) is 12.6. The van der Waals surface area contributed by atoms with Gasteiger partial charge in [0.15, 0.2) is 6.10 Å². The first-order chi connectivity index (χ1) is 15.5. The van der Waals surface area contributed by atoms with E-state index in [-0.39, 0.29) is 11.9 Å². The first-order valence-electron chi connectivity index (χ1n) is 10.3. The van der Waals surface area contributed by atoms with Crippen molar-refractivity contribution in [1.29, 1.82) is 0 Å². The van der Waals surface area contributed by atoms with E-state index in [1.807, 2.05) is 66.7 Å². The Kier molecular flexibility index (Phi) is 8.96. The second kappa shape index (κ2) is 11.9. The average Bonchev–Trinajstić information content (AvgIpc) is 2.82. The Hall–Kier alpha value is -2.55. The van der Waals surface area contributed by atoms with Crippen LogP contribution in [0.2, 0.25) is 0 Å². The minimum atomic E-state index is -0.741. The number of anilines is 1. The number of hydrogen-bond acceptors (Lipinski definition) is 6. The van der Waals surface area contributed by atoms with Gasteiger partial charge in [-0.15, -0.1) is 0 Å². The van der Waals surface area contributed by atoms with Crippen molar-refractivity contribution in [1.82, 2.24) is 10.3 Å². The van der Waals surface area contributed by atoms with Crippen LogP contribution in [0.15, 0.2) is 71.2 Å². The van der Waals surface area contributed by atoms with Gasteiger partial charge < -0.3 is 21.1 Å². The van der Waals surface area contributed by atoms with Gasteiger partial charge in [-0.3, -0.25) is 4.79 Å². The lowest BCUT2D eigenvalue weighted by Crippen LogP contribution is -2.36. The van der Waals surface area contributed by atoms with Crippen LogP contribution in [0, 0.1) is 0 Å². The zero-order chi connectivity index (χ0) is 22.9. The summed E-state index contributed by atoms with van der Waals surface area (Å²) in [5.41, 5.74) is 9.36. The molecule has 0 spiro atoms. The largest absolute Gasteiger partial charge is 0.463 e. The molecule has 0 radical (unpaired) electrons. The van der Waals surface area contributed by atoms with E-state index in [0.29, 0.717) is 30.4 Å². The molecule has 32 heavy (non-hydrogen) atoms. The number of carbonyl (C=O) groups excluding carboxylic acids is 1. The van der Waals surface area contributed by atoms with Gasteiger partial charge in [-0.05, 0) is 30.7 Å². The summed E-state index contributed by atoms with van der Waals surface area (Å²) in [6.07, 6.45) is -0.741. The van der Waals surface area contributed by atoms with E-state index in [0.717, 1.165) is 21.3 Å². The number of carbonyl (C=O) groups is 1. The first-order valence-corrected chi connectivity index (χ1v) is 11.7. The number of hydrogen-bond donors (Lipinski definition) is 4. The van der Waals surface area contributed by atoms with Gasteiger partial charge in [-0.2, -0.15) is 12.6 Å². The van der Waals surface area contributed by atoms with Crippen LogP contribution in [0.1, 0.15) is 12.5 Å². The fourth-order valence-corrected chi connectivity index (χ4v) is 3.48. The lowest BCUT2D eigenvalue weighted by Gasteiger charge is -2.19. The van der Waals surface area contributed by atoms with Crippen molar-refractivity contribution < 1.29 is 9.53 Å². The Morgan fingerprint density at radius 2 is 1.84 bits per heavy atom. The summed E-state index contributed by atoms with van der Waals surface area (Å²) in [6, 6.07) is 21.2. The highest BCUT2D eigenvalue weighted by atomic mass is 79.9. The lowest BCUT2D eigenvalue weighted by molar-refractivity contribution is -0.127. The zero-order valence-electron chi connectivity index (χ0n) is 17.8. The van der Waals surface area contributed by atoms with E-state index in [1.165, 1.54) is 0 Å². The molecule has 6 nitrogen and oxygen atoms in total. The fraction of sp³-hybridized carbons (Fsp3) is 0.250. The van der Waals surface area contributed by atoms with E-state index >= 15 is 0 Å². The summed E-state index contributed by atoms with van der Waals surface area (Å²) >= 11 is 7.72. The summed E-state index contributed by atoms with van der Waals surface area (Å²) in [5, 5.41) is 6.17. The van der Waals surface area contributed by atoms with Crippen molar-refractivity contribution in [3.8, 4) is 17.1 Å². The summed E-state index contributed by atoms with van der Waals surface area (Å²) in [4.78, 5) is 17.4. The number of pyridine rings is 1. The molecule has 1 amide bonds. The van der Waals surface area contributed by atoms with E-state index in [4.69, 9.17) is 10.5 Å². The van der Waals surface area contributed by atoms with E-state index in [2.05, 4.69) is 44.2 Å². The van der Waals surface area contributed by atoms with Crippen LogP contribution in [0.25, 0.3) is 11.3 Å². The molecule has 2 aromatic carbocycles. The first kappa shape index (κ1) is 24.1. The third kappa shape index (κ3) is 6.72. The quantitative estimate of drug-likeness (QED) is 0.303. The summed E-state index contributed by atoms with van der Waals surface area (Å²) in [6.45, 7) is 2.61. The highest BCUT2D eigenvalue weighted by molar-refractivity contribution is 9.10. The Morgan fingerprint density at radius 1 is 1.12 bits per heavy atom. The average molecular weight is 515 g/mol. The van der Waals surface area contributed by atoms with Gasteiger partial charge in [-0.1, -0.05) is 64.5 Å². The number of nitrogens with zero attached hydrogens (tertiary/aromatic N) is 1. The SMILES string of the molecule is CC(Oc1nc(-c2ccccc2)ccc1NCC(N)CS)C(=O)NCc1ccccc1Br. The molecule has 0 saturated carbocycles. The summed E-state index contributed by atoms with van der Waals surface area (Å²) in [5.74, 6) is 0.666. The molecule has 0 aliphatic heterocycles. The maximum Gasteiger partial charge on any atom is 0.261 e. The Balaban J connectivity index is 1.75. The zero-order valence-corrected chi connectivity index (χ0v) is 20.3. The number of aromatic nitrogens is 1. The molecular formula is C24H27BrN4O2S. The van der Waals surface area contributed by atoms with E-state index < -0.39 is 6.10 Å².